The molecule has 0 unspecified atom stereocenters. The number of thioether (sulfide) groups is 1. The number of benzene rings is 2. The summed E-state index contributed by atoms with van der Waals surface area (Å²) in [4.78, 5) is 23.8. The van der Waals surface area contributed by atoms with Crippen molar-refractivity contribution in [3.8, 4) is 0 Å². The zero-order chi connectivity index (χ0) is 21.8. The van der Waals surface area contributed by atoms with Gasteiger partial charge >= 0.3 is 0 Å². The number of nitrogens with zero attached hydrogens (tertiary/aromatic N) is 3. The molecule has 0 aliphatic rings. The normalized spacial score (nSPS) is 11.6. The number of hydrogen-bond acceptors (Lipinski definition) is 5. The lowest BCUT2D eigenvalue weighted by molar-refractivity contribution is 0.252. The molecule has 2 aromatic heterocycles. The van der Waals surface area contributed by atoms with E-state index >= 15 is 0 Å². The quantitative estimate of drug-likeness (QED) is 0.198. The van der Waals surface area contributed by atoms with E-state index in [-0.39, 0.29) is 5.56 Å². The van der Waals surface area contributed by atoms with Crippen LogP contribution >= 0.6 is 23.5 Å². The van der Waals surface area contributed by atoms with Crippen LogP contribution in [0.25, 0.3) is 5.65 Å². The summed E-state index contributed by atoms with van der Waals surface area (Å²) in [6.45, 7) is 1.91. The minimum atomic E-state index is -2.47. The monoisotopic (exact) mass is 453 g/mol. The molecular formula is C23H17F2N3OS2. The highest BCUT2D eigenvalue weighted by Crippen LogP contribution is 2.29. The van der Waals surface area contributed by atoms with Gasteiger partial charge in [0.2, 0.25) is 0 Å². The number of fused-ring (bicyclic) bond motifs is 1. The Hall–Kier alpha value is -2.97. The molecule has 8 heteroatoms. The second-order valence-electron chi connectivity index (χ2n) is 6.57. The molecule has 0 bridgehead atoms. The van der Waals surface area contributed by atoms with Crippen molar-refractivity contribution < 1.29 is 8.78 Å². The van der Waals surface area contributed by atoms with Gasteiger partial charge in [-0.1, -0.05) is 47.8 Å². The third-order valence-electron chi connectivity index (χ3n) is 4.41. The molecule has 0 aliphatic carbocycles. The first kappa shape index (κ1) is 21.3. The molecule has 156 valence electrons. The van der Waals surface area contributed by atoms with Crippen LogP contribution in [0.5, 0.6) is 0 Å². The summed E-state index contributed by atoms with van der Waals surface area (Å²) in [5.41, 5.74) is 2.19. The highest BCUT2D eigenvalue weighted by Gasteiger charge is 2.14. The Bertz CT molecular complexity index is 1290. The first-order valence-corrected chi connectivity index (χ1v) is 11.0. The highest BCUT2D eigenvalue weighted by molar-refractivity contribution is 7.99. The van der Waals surface area contributed by atoms with E-state index in [1.54, 1.807) is 36.5 Å². The van der Waals surface area contributed by atoms with E-state index in [0.717, 1.165) is 10.5 Å². The van der Waals surface area contributed by atoms with Crippen LogP contribution in [0, 0.1) is 6.92 Å². The first-order chi connectivity index (χ1) is 15.0. The molecule has 0 saturated heterocycles. The zero-order valence-electron chi connectivity index (χ0n) is 16.4. The molecule has 0 spiro atoms. The van der Waals surface area contributed by atoms with Crippen molar-refractivity contribution >= 4 is 41.1 Å². The first-order valence-electron chi connectivity index (χ1n) is 9.35. The molecule has 0 fully saturated rings. The number of pyridine rings is 1. The van der Waals surface area contributed by atoms with Crippen LogP contribution in [0.4, 0.5) is 14.5 Å². The van der Waals surface area contributed by atoms with E-state index in [4.69, 9.17) is 4.98 Å². The minimum Gasteiger partial charge on any atom is -0.268 e. The fourth-order valence-electron chi connectivity index (χ4n) is 2.93. The Balaban J connectivity index is 1.76. The van der Waals surface area contributed by atoms with Gasteiger partial charge in [-0.2, -0.15) is 8.78 Å². The van der Waals surface area contributed by atoms with E-state index in [1.807, 2.05) is 43.3 Å². The third-order valence-corrected chi connectivity index (χ3v) is 6.15. The van der Waals surface area contributed by atoms with Crippen molar-refractivity contribution in [2.45, 2.75) is 27.5 Å². The maximum absolute atomic E-state index is 13.2. The summed E-state index contributed by atoms with van der Waals surface area (Å²) in [5.74, 6) is -2.47. The van der Waals surface area contributed by atoms with Gasteiger partial charge < -0.3 is 0 Å². The summed E-state index contributed by atoms with van der Waals surface area (Å²) in [7, 11) is 0. The van der Waals surface area contributed by atoms with Gasteiger partial charge in [0.25, 0.3) is 11.3 Å². The van der Waals surface area contributed by atoms with Gasteiger partial charge in [-0.05, 0) is 55.0 Å². The average molecular weight is 454 g/mol. The highest BCUT2D eigenvalue weighted by atomic mass is 32.2. The summed E-state index contributed by atoms with van der Waals surface area (Å²) in [5, 5.41) is 0.555. The lowest BCUT2D eigenvalue weighted by Gasteiger charge is -2.09. The average Bonchev–Trinajstić information content (AvgIpc) is 2.76. The van der Waals surface area contributed by atoms with Crippen LogP contribution in [0.15, 0.2) is 97.5 Å². The van der Waals surface area contributed by atoms with Gasteiger partial charge in [0.15, 0.2) is 0 Å². The van der Waals surface area contributed by atoms with Crippen molar-refractivity contribution in [1.82, 2.24) is 9.38 Å². The van der Waals surface area contributed by atoms with E-state index in [2.05, 4.69) is 4.99 Å². The van der Waals surface area contributed by atoms with Gasteiger partial charge in [-0.3, -0.25) is 14.2 Å². The number of aliphatic imine (C=N–C) groups is 1. The second-order valence-corrected chi connectivity index (χ2v) is 8.69. The van der Waals surface area contributed by atoms with Crippen molar-refractivity contribution in [2.24, 2.45) is 4.99 Å². The largest absolute Gasteiger partial charge is 0.288 e. The Morgan fingerprint density at radius 3 is 2.45 bits per heavy atom. The molecule has 0 N–H and O–H groups in total. The van der Waals surface area contributed by atoms with E-state index < -0.39 is 5.76 Å². The molecule has 0 amide bonds. The standard InChI is InChI=1S/C23H17F2N3OS2/c1-15-6-5-13-28-20(15)27-21(30-17-7-3-2-4-8-17)19(22(28)29)14-26-16-9-11-18(12-10-16)31-23(24)25/h2-14,23H,1H3. The topological polar surface area (TPSA) is 46.7 Å². The van der Waals surface area contributed by atoms with Crippen molar-refractivity contribution in [3.63, 3.8) is 0 Å². The van der Waals surface area contributed by atoms with E-state index in [0.29, 0.717) is 38.6 Å². The maximum atomic E-state index is 13.2. The van der Waals surface area contributed by atoms with Crippen LogP contribution in [0.2, 0.25) is 0 Å². The van der Waals surface area contributed by atoms with Crippen molar-refractivity contribution in [3.05, 3.63) is 94.4 Å². The minimum absolute atomic E-state index is 0.222. The van der Waals surface area contributed by atoms with Crippen LogP contribution < -0.4 is 5.56 Å². The van der Waals surface area contributed by atoms with Crippen LogP contribution in [-0.4, -0.2) is 21.4 Å². The molecule has 4 nitrogen and oxygen atoms in total. The van der Waals surface area contributed by atoms with Gasteiger partial charge in [0.1, 0.15) is 10.7 Å². The molecule has 0 atom stereocenters. The molecule has 31 heavy (non-hydrogen) atoms. The fraction of sp³-hybridized carbons (Fsp3) is 0.0870. The number of hydrogen-bond donors (Lipinski definition) is 0. The van der Waals surface area contributed by atoms with E-state index in [1.165, 1.54) is 22.4 Å². The van der Waals surface area contributed by atoms with Crippen molar-refractivity contribution in [2.75, 3.05) is 0 Å². The van der Waals surface area contributed by atoms with Crippen LogP contribution in [0.3, 0.4) is 0 Å². The maximum Gasteiger partial charge on any atom is 0.288 e. The third kappa shape index (κ3) is 5.03. The van der Waals surface area contributed by atoms with Gasteiger partial charge in [0.05, 0.1) is 11.3 Å². The molecule has 4 aromatic rings. The van der Waals surface area contributed by atoms with Gasteiger partial charge in [-0.25, -0.2) is 4.98 Å². The molecular weight excluding hydrogens is 436 g/mol. The second kappa shape index (κ2) is 9.45. The molecule has 0 radical (unpaired) electrons. The van der Waals surface area contributed by atoms with Crippen LogP contribution in [0.1, 0.15) is 11.1 Å². The lowest BCUT2D eigenvalue weighted by atomic mass is 10.2. The number of halogens is 2. The number of alkyl halides is 2. The Morgan fingerprint density at radius 1 is 1.00 bits per heavy atom. The Morgan fingerprint density at radius 2 is 1.74 bits per heavy atom. The zero-order valence-corrected chi connectivity index (χ0v) is 18.0. The predicted octanol–water partition coefficient (Wildman–Crippen LogP) is 6.22. The summed E-state index contributed by atoms with van der Waals surface area (Å²) in [6, 6.07) is 19.8. The smallest absolute Gasteiger partial charge is 0.268 e. The summed E-state index contributed by atoms with van der Waals surface area (Å²) < 4.78 is 26.5. The SMILES string of the molecule is Cc1cccn2c(=O)c(C=Nc3ccc(SC(F)F)cc3)c(Sc3ccccc3)nc12. The predicted molar refractivity (Wildman–Crippen MR) is 122 cm³/mol. The molecule has 0 aliphatic heterocycles. The number of aryl methyl sites for hydroxylation is 1. The number of aromatic nitrogens is 2. The number of rotatable bonds is 6. The Labute approximate surface area is 186 Å². The Kier molecular flexibility index (Phi) is 6.48. The molecule has 4 rings (SSSR count). The van der Waals surface area contributed by atoms with Gasteiger partial charge in [0, 0.05) is 22.2 Å². The summed E-state index contributed by atoms with van der Waals surface area (Å²) >= 11 is 1.87. The summed E-state index contributed by atoms with van der Waals surface area (Å²) in [6.07, 6.45) is 3.17. The molecule has 2 heterocycles. The van der Waals surface area contributed by atoms with Crippen molar-refractivity contribution in [1.29, 1.82) is 0 Å². The molecule has 2 aromatic carbocycles. The fourth-order valence-corrected chi connectivity index (χ4v) is 4.33. The lowest BCUT2D eigenvalue weighted by Crippen LogP contribution is -2.21. The molecule has 0 saturated carbocycles. The van der Waals surface area contributed by atoms with E-state index in [9.17, 15) is 13.6 Å². The van der Waals surface area contributed by atoms with Crippen LogP contribution in [-0.2, 0) is 0 Å². The van der Waals surface area contributed by atoms with Gasteiger partial charge in [-0.15, -0.1) is 0 Å².